The lowest BCUT2D eigenvalue weighted by atomic mass is 9.97. The number of anilines is 1. The Morgan fingerprint density at radius 1 is 1.22 bits per heavy atom. The van der Waals surface area contributed by atoms with Crippen molar-refractivity contribution in [3.8, 4) is 11.1 Å². The van der Waals surface area contributed by atoms with Crippen molar-refractivity contribution in [3.63, 3.8) is 0 Å². The van der Waals surface area contributed by atoms with Gasteiger partial charge in [-0.2, -0.15) is 13.2 Å². The fraction of sp³-hybridized carbons (Fsp3) is 0.261. The van der Waals surface area contributed by atoms with E-state index < -0.39 is 29.5 Å². The van der Waals surface area contributed by atoms with E-state index >= 15 is 8.78 Å². The van der Waals surface area contributed by atoms with Crippen LogP contribution >= 0.6 is 34.2 Å². The number of halogens is 5. The molecule has 0 radical (unpaired) electrons. The van der Waals surface area contributed by atoms with E-state index in [0.717, 1.165) is 11.1 Å². The molecule has 188 valence electrons. The molecule has 3 heterocycles. The number of carbonyl (C=O) groups excluding carboxylic acids is 1. The molecule has 0 bridgehead atoms. The monoisotopic (exact) mass is 630 g/mol. The van der Waals surface area contributed by atoms with Crippen LogP contribution in [0.2, 0.25) is 5.02 Å². The number of hydrogen-bond acceptors (Lipinski definition) is 6. The Hall–Kier alpha value is -3.00. The molecule has 1 unspecified atom stereocenters. The molecule has 36 heavy (non-hydrogen) atoms. The molecule has 0 aliphatic heterocycles. The highest BCUT2D eigenvalue weighted by molar-refractivity contribution is 14.1. The van der Waals surface area contributed by atoms with E-state index in [1.807, 2.05) is 0 Å². The smallest absolute Gasteiger partial charge is 0.318 e. The lowest BCUT2D eigenvalue weighted by Gasteiger charge is -2.34. The first-order valence-corrected chi connectivity index (χ1v) is 12.2. The minimum absolute atomic E-state index is 0.0173. The number of nitrogens with one attached hydrogen (secondary N) is 1. The predicted octanol–water partition coefficient (Wildman–Crippen LogP) is 6.50. The number of benzene rings is 1. The Balaban J connectivity index is 1.56. The second-order valence-corrected chi connectivity index (χ2v) is 9.51. The van der Waals surface area contributed by atoms with E-state index in [0.29, 0.717) is 28.6 Å². The second-order valence-electron chi connectivity index (χ2n) is 7.94. The molecule has 3 aromatic heterocycles. The molecule has 0 saturated heterocycles. The minimum Gasteiger partial charge on any atom is -0.318 e. The van der Waals surface area contributed by atoms with Crippen LogP contribution in [0.15, 0.2) is 47.4 Å². The van der Waals surface area contributed by atoms with Gasteiger partial charge in [0.1, 0.15) is 22.9 Å². The van der Waals surface area contributed by atoms with Crippen LogP contribution in [0.1, 0.15) is 25.3 Å². The van der Waals surface area contributed by atoms with Gasteiger partial charge < -0.3 is 4.90 Å². The molecule has 0 aliphatic rings. The molecule has 0 aliphatic carbocycles. The third-order valence-corrected chi connectivity index (χ3v) is 6.82. The molecule has 1 N–H and O–H groups in total. The third-order valence-electron chi connectivity index (χ3n) is 5.61. The van der Waals surface area contributed by atoms with E-state index in [1.165, 1.54) is 25.4 Å². The third kappa shape index (κ3) is 5.09. The number of aromatic nitrogens is 4. The summed E-state index contributed by atoms with van der Waals surface area (Å²) in [5.41, 5.74) is 1.53. The Morgan fingerprint density at radius 3 is 2.67 bits per heavy atom. The zero-order valence-corrected chi connectivity index (χ0v) is 21.9. The molecule has 1 aromatic carbocycles. The van der Waals surface area contributed by atoms with Crippen LogP contribution in [-0.2, 0) is 5.92 Å². The van der Waals surface area contributed by atoms with Gasteiger partial charge in [-0.15, -0.1) is 0 Å². The molecule has 4 rings (SSSR count). The van der Waals surface area contributed by atoms with Gasteiger partial charge >= 0.3 is 6.03 Å². The molecule has 0 saturated carbocycles. The van der Waals surface area contributed by atoms with Gasteiger partial charge in [0, 0.05) is 34.6 Å². The van der Waals surface area contributed by atoms with Crippen LogP contribution in [0.4, 0.5) is 23.8 Å². The van der Waals surface area contributed by atoms with Crippen molar-refractivity contribution in [2.45, 2.75) is 31.7 Å². The van der Waals surface area contributed by atoms with E-state index in [-0.39, 0.29) is 20.8 Å². The van der Waals surface area contributed by atoms with E-state index in [4.69, 9.17) is 16.2 Å². The first-order valence-electron chi connectivity index (χ1n) is 10.7. The van der Waals surface area contributed by atoms with Crippen LogP contribution in [0.25, 0.3) is 22.2 Å². The van der Waals surface area contributed by atoms with Crippen LogP contribution in [0, 0.1) is 9.52 Å². The average Bonchev–Trinajstić information content (AvgIpc) is 3.30. The topological polar surface area (TPSA) is 97.0 Å². The summed E-state index contributed by atoms with van der Waals surface area (Å²) in [6.45, 7) is 1.70. The SMILES string of the molecule is CCCC(N(C)C(=O)Nc1cc(Cl)c(-c2ccc3nonc3c2)cn1)C(F)(F)c1c(I)ccnc1F. The van der Waals surface area contributed by atoms with Gasteiger partial charge in [0.15, 0.2) is 0 Å². The standard InChI is InChI=1S/C23H19ClF3IN6O2/c1-3-4-18(23(26,27)20-15(28)7-8-29-21(20)25)34(2)22(35)31-19-10-14(24)13(11-30-19)12-5-6-16-17(9-12)33-36-32-16/h5-11,18H,3-4H2,1-2H3,(H,30,31,35). The van der Waals surface area contributed by atoms with Gasteiger partial charge in [-0.3, -0.25) is 5.32 Å². The first kappa shape index (κ1) is 26.1. The van der Waals surface area contributed by atoms with Gasteiger partial charge in [0.2, 0.25) is 5.95 Å². The van der Waals surface area contributed by atoms with Gasteiger partial charge in [-0.05, 0) is 63.1 Å². The quantitative estimate of drug-likeness (QED) is 0.185. The Morgan fingerprint density at radius 2 is 1.97 bits per heavy atom. The number of urea groups is 1. The number of amides is 2. The molecular formula is C23H19ClF3IN6O2. The normalized spacial score (nSPS) is 12.5. The lowest BCUT2D eigenvalue weighted by Crippen LogP contribution is -2.49. The number of hydrogen-bond donors (Lipinski definition) is 1. The van der Waals surface area contributed by atoms with Gasteiger partial charge in [-0.25, -0.2) is 19.4 Å². The maximum atomic E-state index is 15.5. The van der Waals surface area contributed by atoms with E-state index in [9.17, 15) is 9.18 Å². The number of rotatable bonds is 7. The van der Waals surface area contributed by atoms with Crippen LogP contribution in [0.5, 0.6) is 0 Å². The fourth-order valence-corrected chi connectivity index (χ4v) is 4.77. The summed E-state index contributed by atoms with van der Waals surface area (Å²) in [6, 6.07) is 5.41. The average molecular weight is 631 g/mol. The van der Waals surface area contributed by atoms with Crippen molar-refractivity contribution in [3.05, 3.63) is 62.8 Å². The molecule has 13 heteroatoms. The Bertz CT molecular complexity index is 1400. The number of fused-ring (bicyclic) bond motifs is 1. The lowest BCUT2D eigenvalue weighted by molar-refractivity contribution is -0.0768. The summed E-state index contributed by atoms with van der Waals surface area (Å²) in [5.74, 6) is -4.91. The second kappa shape index (κ2) is 10.5. The molecule has 1 atom stereocenters. The molecule has 2 amide bonds. The Kier molecular flexibility index (Phi) is 7.64. The Labute approximate surface area is 222 Å². The van der Waals surface area contributed by atoms with Crippen LogP contribution in [0.3, 0.4) is 0 Å². The highest BCUT2D eigenvalue weighted by atomic mass is 127. The highest BCUT2D eigenvalue weighted by Gasteiger charge is 2.48. The summed E-state index contributed by atoms with van der Waals surface area (Å²) < 4.78 is 50.0. The number of carbonyl (C=O) groups is 1. The van der Waals surface area contributed by atoms with Crippen LogP contribution < -0.4 is 5.32 Å². The van der Waals surface area contributed by atoms with E-state index in [1.54, 1.807) is 47.7 Å². The summed E-state index contributed by atoms with van der Waals surface area (Å²) in [6.07, 6.45) is 2.81. The number of nitrogens with zero attached hydrogens (tertiary/aromatic N) is 5. The molecule has 0 spiro atoms. The van der Waals surface area contributed by atoms with Crippen molar-refractivity contribution >= 4 is 57.1 Å². The molecular weight excluding hydrogens is 612 g/mol. The van der Waals surface area contributed by atoms with Crippen molar-refractivity contribution < 1.29 is 22.6 Å². The molecule has 0 fully saturated rings. The first-order chi connectivity index (χ1) is 17.1. The van der Waals surface area contributed by atoms with Crippen molar-refractivity contribution in [2.75, 3.05) is 12.4 Å². The number of pyridine rings is 2. The van der Waals surface area contributed by atoms with Crippen molar-refractivity contribution in [1.29, 1.82) is 0 Å². The van der Waals surface area contributed by atoms with Crippen LogP contribution in [-0.4, -0.2) is 44.3 Å². The molecule has 4 aromatic rings. The van der Waals surface area contributed by atoms with Gasteiger partial charge in [0.25, 0.3) is 5.92 Å². The zero-order chi connectivity index (χ0) is 26.0. The summed E-state index contributed by atoms with van der Waals surface area (Å²) >= 11 is 8.05. The van der Waals surface area contributed by atoms with Gasteiger partial charge in [0.05, 0.1) is 10.6 Å². The fourth-order valence-electron chi connectivity index (χ4n) is 3.77. The van der Waals surface area contributed by atoms with Crippen molar-refractivity contribution in [2.24, 2.45) is 0 Å². The minimum atomic E-state index is -3.69. The van der Waals surface area contributed by atoms with Crippen molar-refractivity contribution in [1.82, 2.24) is 25.2 Å². The summed E-state index contributed by atoms with van der Waals surface area (Å²) in [5, 5.41) is 10.3. The largest absolute Gasteiger partial charge is 0.323 e. The highest BCUT2D eigenvalue weighted by Crippen LogP contribution is 2.40. The van der Waals surface area contributed by atoms with Gasteiger partial charge in [-0.1, -0.05) is 31.0 Å². The van der Waals surface area contributed by atoms with E-state index in [2.05, 4.69) is 25.6 Å². The number of alkyl halides is 2. The molecule has 8 nitrogen and oxygen atoms in total. The number of likely N-dealkylation sites (N-methyl/N-ethyl adjacent to an activating group) is 1. The zero-order valence-electron chi connectivity index (χ0n) is 19.0. The maximum absolute atomic E-state index is 15.5. The predicted molar refractivity (Wildman–Crippen MR) is 136 cm³/mol. The summed E-state index contributed by atoms with van der Waals surface area (Å²) in [4.78, 5) is 21.3. The summed E-state index contributed by atoms with van der Waals surface area (Å²) in [7, 11) is 1.22. The maximum Gasteiger partial charge on any atom is 0.323 e.